The summed E-state index contributed by atoms with van der Waals surface area (Å²) in [5, 5.41) is 2.81. The summed E-state index contributed by atoms with van der Waals surface area (Å²) >= 11 is 1.86. The molecule has 1 aliphatic rings. The van der Waals surface area contributed by atoms with E-state index in [1.807, 2.05) is 42.1 Å². The minimum absolute atomic E-state index is 0.0416. The molecule has 1 aromatic rings. The normalized spacial score (nSPS) is 18.7. The van der Waals surface area contributed by atoms with E-state index in [0.717, 1.165) is 23.5 Å². The fourth-order valence-electron chi connectivity index (χ4n) is 2.45. The highest BCUT2D eigenvalue weighted by Gasteiger charge is 2.32. The topological polar surface area (TPSA) is 49.4 Å². The van der Waals surface area contributed by atoms with Crippen LogP contribution in [0, 0.1) is 0 Å². The second kappa shape index (κ2) is 8.08. The Balaban J connectivity index is 1.92. The van der Waals surface area contributed by atoms with Gasteiger partial charge in [-0.05, 0) is 23.5 Å². The Kier molecular flexibility index (Phi) is 6.11. The zero-order valence-electron chi connectivity index (χ0n) is 12.4. The molecule has 2 rings (SSSR count). The Morgan fingerprint density at radius 2 is 2.05 bits per heavy atom. The number of nitrogens with one attached hydrogen (secondary N) is 1. The first-order chi connectivity index (χ1) is 10.2. The van der Waals surface area contributed by atoms with Gasteiger partial charge in [0.25, 0.3) is 0 Å². The number of rotatable bonds is 7. The number of hydrogen-bond donors (Lipinski definition) is 1. The molecule has 0 spiro atoms. The van der Waals surface area contributed by atoms with Gasteiger partial charge in [0.2, 0.25) is 11.8 Å². The maximum absolute atomic E-state index is 12.4. The van der Waals surface area contributed by atoms with Gasteiger partial charge in [-0.1, -0.05) is 37.3 Å². The van der Waals surface area contributed by atoms with E-state index in [-0.39, 0.29) is 18.4 Å². The molecule has 1 N–H and O–H groups in total. The third-order valence-electron chi connectivity index (χ3n) is 3.48. The second-order valence-corrected chi connectivity index (χ2v) is 6.51. The Bertz CT molecular complexity index is 478. The third-order valence-corrected chi connectivity index (χ3v) is 4.47. The summed E-state index contributed by atoms with van der Waals surface area (Å²) < 4.78 is 0. The quantitative estimate of drug-likeness (QED) is 0.780. The van der Waals surface area contributed by atoms with Crippen LogP contribution < -0.4 is 5.32 Å². The third kappa shape index (κ3) is 4.77. The van der Waals surface area contributed by atoms with Crippen molar-refractivity contribution in [2.75, 3.05) is 24.6 Å². The van der Waals surface area contributed by atoms with E-state index < -0.39 is 6.04 Å². The fraction of sp³-hybridized carbons (Fsp3) is 0.500. The summed E-state index contributed by atoms with van der Waals surface area (Å²) in [4.78, 5) is 25.9. The van der Waals surface area contributed by atoms with E-state index in [0.29, 0.717) is 13.0 Å². The molecule has 2 amide bonds. The van der Waals surface area contributed by atoms with Crippen molar-refractivity contribution < 1.29 is 9.59 Å². The predicted molar refractivity (Wildman–Crippen MR) is 86.3 cm³/mol. The van der Waals surface area contributed by atoms with Crippen molar-refractivity contribution in [3.05, 3.63) is 35.9 Å². The zero-order chi connectivity index (χ0) is 15.1. The number of hydrogen-bond acceptors (Lipinski definition) is 3. The molecule has 1 unspecified atom stereocenters. The van der Waals surface area contributed by atoms with Crippen LogP contribution >= 0.6 is 11.8 Å². The predicted octanol–water partition coefficient (Wildman–Crippen LogP) is 1.70. The lowest BCUT2D eigenvalue weighted by Crippen LogP contribution is -2.58. The summed E-state index contributed by atoms with van der Waals surface area (Å²) in [6.45, 7) is 2.99. The van der Waals surface area contributed by atoms with Crippen LogP contribution in [0.2, 0.25) is 0 Å². The molecule has 1 atom stereocenters. The fourth-order valence-corrected chi connectivity index (χ4v) is 3.07. The summed E-state index contributed by atoms with van der Waals surface area (Å²) in [6.07, 6.45) is 1.50. The Morgan fingerprint density at radius 3 is 2.76 bits per heavy atom. The first kappa shape index (κ1) is 15.9. The van der Waals surface area contributed by atoms with Crippen molar-refractivity contribution in [2.45, 2.75) is 25.8 Å². The molecule has 5 heteroatoms. The van der Waals surface area contributed by atoms with Crippen molar-refractivity contribution in [2.24, 2.45) is 0 Å². The lowest BCUT2D eigenvalue weighted by molar-refractivity contribution is -0.144. The molecular formula is C16H22N2O2S. The molecule has 1 aliphatic heterocycles. The van der Waals surface area contributed by atoms with E-state index in [9.17, 15) is 9.59 Å². The molecular weight excluding hydrogens is 284 g/mol. The van der Waals surface area contributed by atoms with Gasteiger partial charge in [0, 0.05) is 13.0 Å². The monoisotopic (exact) mass is 306 g/mol. The van der Waals surface area contributed by atoms with Crippen LogP contribution in [0.25, 0.3) is 0 Å². The van der Waals surface area contributed by atoms with Gasteiger partial charge in [0.15, 0.2) is 0 Å². The summed E-state index contributed by atoms with van der Waals surface area (Å²) in [5.74, 6) is 2.11. The maximum Gasteiger partial charge on any atom is 0.245 e. The van der Waals surface area contributed by atoms with Gasteiger partial charge in [-0.2, -0.15) is 11.8 Å². The molecule has 0 bridgehead atoms. The number of benzene rings is 1. The van der Waals surface area contributed by atoms with Crippen molar-refractivity contribution >= 4 is 23.6 Å². The molecule has 21 heavy (non-hydrogen) atoms. The van der Waals surface area contributed by atoms with E-state index in [1.54, 1.807) is 4.90 Å². The highest BCUT2D eigenvalue weighted by Crippen LogP contribution is 2.11. The average molecular weight is 306 g/mol. The molecule has 114 valence electrons. The van der Waals surface area contributed by atoms with Crippen LogP contribution in [0.3, 0.4) is 0 Å². The number of piperazine rings is 1. The summed E-state index contributed by atoms with van der Waals surface area (Å²) in [6, 6.07) is 9.39. The van der Waals surface area contributed by atoms with Crippen LogP contribution in [-0.2, 0) is 16.0 Å². The number of carbonyl (C=O) groups excluding carboxylic acids is 2. The van der Waals surface area contributed by atoms with E-state index in [4.69, 9.17) is 0 Å². The van der Waals surface area contributed by atoms with Crippen LogP contribution in [0.1, 0.15) is 18.9 Å². The van der Waals surface area contributed by atoms with Gasteiger partial charge in [0.05, 0.1) is 6.54 Å². The smallest absolute Gasteiger partial charge is 0.245 e. The maximum atomic E-state index is 12.4. The van der Waals surface area contributed by atoms with Gasteiger partial charge in [-0.3, -0.25) is 9.59 Å². The number of carbonyl (C=O) groups is 2. The van der Waals surface area contributed by atoms with Gasteiger partial charge in [0.1, 0.15) is 6.04 Å². The Morgan fingerprint density at radius 1 is 1.29 bits per heavy atom. The van der Waals surface area contributed by atoms with Crippen molar-refractivity contribution in [1.82, 2.24) is 10.2 Å². The standard InChI is InChI=1S/C16H22N2O2S/c1-2-21-10-6-9-18-12-15(19)17-14(16(18)20)11-13-7-4-3-5-8-13/h3-5,7-8,14H,2,6,9-12H2,1H3,(H,17,19). The summed E-state index contributed by atoms with van der Waals surface area (Å²) in [7, 11) is 0. The van der Waals surface area contributed by atoms with Crippen LogP contribution in [0.4, 0.5) is 0 Å². The molecule has 1 aromatic carbocycles. The Labute approximate surface area is 130 Å². The summed E-state index contributed by atoms with van der Waals surface area (Å²) in [5.41, 5.74) is 1.07. The lowest BCUT2D eigenvalue weighted by atomic mass is 10.0. The van der Waals surface area contributed by atoms with E-state index in [2.05, 4.69) is 12.2 Å². The number of thioether (sulfide) groups is 1. The number of amides is 2. The highest BCUT2D eigenvalue weighted by atomic mass is 32.2. The van der Waals surface area contributed by atoms with E-state index in [1.165, 1.54) is 0 Å². The molecule has 0 aliphatic carbocycles. The van der Waals surface area contributed by atoms with E-state index >= 15 is 0 Å². The first-order valence-corrected chi connectivity index (χ1v) is 8.56. The molecule has 1 heterocycles. The average Bonchev–Trinajstić information content (AvgIpc) is 2.49. The SMILES string of the molecule is CCSCCCN1CC(=O)NC(Cc2ccccc2)C1=O. The van der Waals surface area contributed by atoms with Gasteiger partial charge < -0.3 is 10.2 Å². The lowest BCUT2D eigenvalue weighted by Gasteiger charge is -2.32. The number of nitrogens with zero attached hydrogens (tertiary/aromatic N) is 1. The Hall–Kier alpha value is -1.49. The van der Waals surface area contributed by atoms with Crippen LogP contribution in [-0.4, -0.2) is 47.4 Å². The van der Waals surface area contributed by atoms with Crippen LogP contribution in [0.15, 0.2) is 30.3 Å². The molecule has 0 aromatic heterocycles. The van der Waals surface area contributed by atoms with Gasteiger partial charge in [-0.15, -0.1) is 0 Å². The largest absolute Gasteiger partial charge is 0.342 e. The van der Waals surface area contributed by atoms with Crippen LogP contribution in [0.5, 0.6) is 0 Å². The van der Waals surface area contributed by atoms with Crippen molar-refractivity contribution in [3.63, 3.8) is 0 Å². The van der Waals surface area contributed by atoms with Crippen molar-refractivity contribution in [1.29, 1.82) is 0 Å². The first-order valence-electron chi connectivity index (χ1n) is 7.40. The zero-order valence-corrected chi connectivity index (χ0v) is 13.2. The molecule has 0 saturated carbocycles. The minimum atomic E-state index is -0.424. The molecule has 0 radical (unpaired) electrons. The minimum Gasteiger partial charge on any atom is -0.342 e. The molecule has 1 saturated heterocycles. The second-order valence-electron chi connectivity index (χ2n) is 5.12. The molecule has 4 nitrogen and oxygen atoms in total. The molecule has 1 fully saturated rings. The van der Waals surface area contributed by atoms with Gasteiger partial charge in [-0.25, -0.2) is 0 Å². The highest BCUT2D eigenvalue weighted by molar-refractivity contribution is 7.99. The van der Waals surface area contributed by atoms with Gasteiger partial charge >= 0.3 is 0 Å². The van der Waals surface area contributed by atoms with Crippen molar-refractivity contribution in [3.8, 4) is 0 Å².